The van der Waals surface area contributed by atoms with E-state index in [4.69, 9.17) is 0 Å². The predicted molar refractivity (Wildman–Crippen MR) is 79.8 cm³/mol. The summed E-state index contributed by atoms with van der Waals surface area (Å²) in [7, 11) is 0. The van der Waals surface area contributed by atoms with Gasteiger partial charge in [-0.25, -0.2) is 0 Å². The maximum Gasteiger partial charge on any atom is 0.107 e. The van der Waals surface area contributed by atoms with Crippen molar-refractivity contribution in [2.75, 3.05) is 0 Å². The summed E-state index contributed by atoms with van der Waals surface area (Å²) in [5.41, 5.74) is 0.226. The monoisotopic (exact) mass is 262 g/mol. The highest BCUT2D eigenvalue weighted by Crippen LogP contribution is 2.43. The quantitative estimate of drug-likeness (QED) is 0.814. The third kappa shape index (κ3) is 3.31. The fourth-order valence-electron chi connectivity index (χ4n) is 3.93. The van der Waals surface area contributed by atoms with Crippen LogP contribution in [0.2, 0.25) is 0 Å². The van der Waals surface area contributed by atoms with Crippen LogP contribution in [0, 0.1) is 22.7 Å². The predicted octanol–water partition coefficient (Wildman–Crippen LogP) is 4.41. The van der Waals surface area contributed by atoms with E-state index in [9.17, 15) is 5.26 Å². The first-order chi connectivity index (χ1) is 9.01. The minimum absolute atomic E-state index is 0.213. The Morgan fingerprint density at radius 2 is 1.74 bits per heavy atom. The van der Waals surface area contributed by atoms with Crippen LogP contribution >= 0.6 is 0 Å². The average molecular weight is 262 g/mol. The largest absolute Gasteiger partial charge is 0.297 e. The third-order valence-electron chi connectivity index (χ3n) is 5.91. The van der Waals surface area contributed by atoms with Crippen LogP contribution in [0.1, 0.15) is 78.6 Å². The summed E-state index contributed by atoms with van der Waals surface area (Å²) >= 11 is 0. The zero-order valence-electron chi connectivity index (χ0n) is 13.0. The Hall–Kier alpha value is -0.550. The smallest absolute Gasteiger partial charge is 0.107 e. The Kier molecular flexibility index (Phi) is 4.56. The van der Waals surface area contributed by atoms with Crippen molar-refractivity contribution in [3.63, 3.8) is 0 Å². The molecular weight excluding hydrogens is 232 g/mol. The van der Waals surface area contributed by atoms with E-state index < -0.39 is 0 Å². The Bertz CT molecular complexity index is 326. The lowest BCUT2D eigenvalue weighted by Crippen LogP contribution is -2.51. The molecule has 2 rings (SSSR count). The SMILES string of the molecule is CCC(C)(C)C1CCC(C#N)(NC2CCCC2)CC1. The van der Waals surface area contributed by atoms with Crippen molar-refractivity contribution in [2.24, 2.45) is 11.3 Å². The summed E-state index contributed by atoms with van der Waals surface area (Å²) in [6, 6.07) is 3.23. The van der Waals surface area contributed by atoms with Gasteiger partial charge in [0.15, 0.2) is 0 Å². The number of hydrogen-bond acceptors (Lipinski definition) is 2. The third-order valence-corrected chi connectivity index (χ3v) is 5.91. The molecule has 2 saturated carbocycles. The lowest BCUT2D eigenvalue weighted by molar-refractivity contribution is 0.114. The lowest BCUT2D eigenvalue weighted by Gasteiger charge is -2.43. The Labute approximate surface area is 119 Å². The van der Waals surface area contributed by atoms with Crippen LogP contribution in [-0.2, 0) is 0 Å². The molecular formula is C17H30N2. The van der Waals surface area contributed by atoms with Crippen LogP contribution in [0.5, 0.6) is 0 Å². The van der Waals surface area contributed by atoms with Crippen molar-refractivity contribution in [1.82, 2.24) is 5.32 Å². The fourth-order valence-corrected chi connectivity index (χ4v) is 3.93. The van der Waals surface area contributed by atoms with Gasteiger partial charge in [-0.3, -0.25) is 5.32 Å². The van der Waals surface area contributed by atoms with E-state index in [1.54, 1.807) is 0 Å². The van der Waals surface area contributed by atoms with Crippen molar-refractivity contribution in [3.05, 3.63) is 0 Å². The molecule has 0 spiro atoms. The van der Waals surface area contributed by atoms with Gasteiger partial charge in [0.25, 0.3) is 0 Å². The minimum atomic E-state index is -0.213. The van der Waals surface area contributed by atoms with E-state index in [1.807, 2.05) is 0 Å². The van der Waals surface area contributed by atoms with Crippen molar-refractivity contribution in [2.45, 2.75) is 90.1 Å². The molecule has 0 saturated heterocycles. The fraction of sp³-hybridized carbons (Fsp3) is 0.941. The van der Waals surface area contributed by atoms with Crippen LogP contribution in [-0.4, -0.2) is 11.6 Å². The molecule has 2 aliphatic carbocycles. The van der Waals surface area contributed by atoms with E-state index in [1.165, 1.54) is 44.9 Å². The molecule has 108 valence electrons. The topological polar surface area (TPSA) is 35.8 Å². The highest BCUT2D eigenvalue weighted by Gasteiger charge is 2.41. The van der Waals surface area contributed by atoms with Crippen molar-refractivity contribution < 1.29 is 0 Å². The van der Waals surface area contributed by atoms with Crippen LogP contribution in [0.3, 0.4) is 0 Å². The summed E-state index contributed by atoms with van der Waals surface area (Å²) in [6.45, 7) is 7.08. The second kappa shape index (κ2) is 5.83. The molecule has 1 N–H and O–H groups in total. The molecule has 0 aliphatic heterocycles. The Morgan fingerprint density at radius 3 is 2.21 bits per heavy atom. The maximum absolute atomic E-state index is 9.64. The Balaban J connectivity index is 1.93. The first-order valence-corrected chi connectivity index (χ1v) is 8.20. The van der Waals surface area contributed by atoms with Crippen LogP contribution < -0.4 is 5.32 Å². The number of nitrogens with zero attached hydrogens (tertiary/aromatic N) is 1. The molecule has 0 heterocycles. The molecule has 0 aromatic rings. The van der Waals surface area contributed by atoms with Crippen molar-refractivity contribution >= 4 is 0 Å². The number of rotatable bonds is 4. The van der Waals surface area contributed by atoms with Crippen LogP contribution in [0.4, 0.5) is 0 Å². The van der Waals surface area contributed by atoms with Gasteiger partial charge in [0.05, 0.1) is 6.07 Å². The van der Waals surface area contributed by atoms with Gasteiger partial charge in [0, 0.05) is 6.04 Å². The Morgan fingerprint density at radius 1 is 1.16 bits per heavy atom. The molecule has 2 aliphatic rings. The molecule has 0 bridgehead atoms. The zero-order valence-corrected chi connectivity index (χ0v) is 13.0. The van der Waals surface area contributed by atoms with E-state index in [2.05, 4.69) is 32.2 Å². The molecule has 0 radical (unpaired) electrons. The molecule has 0 amide bonds. The van der Waals surface area contributed by atoms with Gasteiger partial charge in [0.2, 0.25) is 0 Å². The number of nitriles is 1. The maximum atomic E-state index is 9.64. The van der Waals surface area contributed by atoms with Crippen LogP contribution in [0.15, 0.2) is 0 Å². The molecule has 2 nitrogen and oxygen atoms in total. The summed E-state index contributed by atoms with van der Waals surface area (Å²) in [5.74, 6) is 0.796. The first-order valence-electron chi connectivity index (χ1n) is 8.20. The highest BCUT2D eigenvalue weighted by molar-refractivity contribution is 5.11. The second-order valence-corrected chi connectivity index (χ2v) is 7.44. The highest BCUT2D eigenvalue weighted by atomic mass is 15.0. The van der Waals surface area contributed by atoms with Crippen LogP contribution in [0.25, 0.3) is 0 Å². The summed E-state index contributed by atoms with van der Waals surface area (Å²) < 4.78 is 0. The molecule has 0 aromatic carbocycles. The molecule has 19 heavy (non-hydrogen) atoms. The summed E-state index contributed by atoms with van der Waals surface area (Å²) in [6.07, 6.45) is 11.0. The number of hydrogen-bond donors (Lipinski definition) is 1. The lowest BCUT2D eigenvalue weighted by atomic mass is 9.65. The molecule has 0 aromatic heterocycles. The molecule has 2 heteroatoms. The van der Waals surface area contributed by atoms with Gasteiger partial charge < -0.3 is 0 Å². The standard InChI is InChI=1S/C17H30N2/c1-4-16(2,3)14-9-11-17(13-18,12-10-14)19-15-7-5-6-8-15/h14-15,19H,4-12H2,1-3H3. The van der Waals surface area contributed by atoms with Crippen molar-refractivity contribution in [3.8, 4) is 6.07 Å². The molecule has 0 unspecified atom stereocenters. The van der Waals surface area contributed by atoms with E-state index in [0.29, 0.717) is 11.5 Å². The van der Waals surface area contributed by atoms with Crippen molar-refractivity contribution in [1.29, 1.82) is 5.26 Å². The van der Waals surface area contributed by atoms with Gasteiger partial charge in [-0.15, -0.1) is 0 Å². The second-order valence-electron chi connectivity index (χ2n) is 7.44. The minimum Gasteiger partial charge on any atom is -0.297 e. The van der Waals surface area contributed by atoms with Gasteiger partial charge in [0.1, 0.15) is 5.54 Å². The molecule has 2 fully saturated rings. The molecule has 0 atom stereocenters. The zero-order chi connectivity index (χ0) is 13.9. The summed E-state index contributed by atoms with van der Waals surface area (Å²) in [4.78, 5) is 0. The van der Waals surface area contributed by atoms with E-state index >= 15 is 0 Å². The normalized spacial score (nSPS) is 33.3. The first kappa shape index (κ1) is 14.9. The summed E-state index contributed by atoms with van der Waals surface area (Å²) in [5, 5.41) is 13.3. The van der Waals surface area contributed by atoms with E-state index in [0.717, 1.165) is 18.8 Å². The van der Waals surface area contributed by atoms with Gasteiger partial charge in [-0.1, -0.05) is 40.0 Å². The number of nitrogens with one attached hydrogen (secondary N) is 1. The van der Waals surface area contributed by atoms with Gasteiger partial charge >= 0.3 is 0 Å². The van der Waals surface area contributed by atoms with Gasteiger partial charge in [-0.05, 0) is 49.9 Å². The van der Waals surface area contributed by atoms with Gasteiger partial charge in [-0.2, -0.15) is 5.26 Å². The average Bonchev–Trinajstić information content (AvgIpc) is 2.92. The van der Waals surface area contributed by atoms with E-state index in [-0.39, 0.29) is 5.54 Å².